The van der Waals surface area contributed by atoms with E-state index in [2.05, 4.69) is 40.7 Å². The first-order valence-electron chi connectivity index (χ1n) is 6.23. The van der Waals surface area contributed by atoms with Crippen LogP contribution in [-0.4, -0.2) is 16.1 Å². The second-order valence-corrected chi connectivity index (χ2v) is 6.10. The number of carboxylic acid groups (broad SMARTS) is 1. The van der Waals surface area contributed by atoms with Gasteiger partial charge in [-0.1, -0.05) is 24.3 Å². The summed E-state index contributed by atoms with van der Waals surface area (Å²) in [6.07, 6.45) is 0. The molecule has 0 atom stereocenters. The minimum absolute atomic E-state index is 0.272. The van der Waals surface area contributed by atoms with E-state index in [1.165, 1.54) is 21.4 Å². The SMILES string of the molecule is O=C(O)c1cccc2scnc12.c1ccc2sccc2c1. The van der Waals surface area contributed by atoms with E-state index in [4.69, 9.17) is 5.11 Å². The van der Waals surface area contributed by atoms with Crippen LogP contribution in [0.15, 0.2) is 59.4 Å². The van der Waals surface area contributed by atoms with Gasteiger partial charge in [0.05, 0.1) is 21.3 Å². The molecule has 104 valence electrons. The maximum atomic E-state index is 10.7. The molecular formula is C16H11NO2S2. The minimum Gasteiger partial charge on any atom is -0.478 e. The van der Waals surface area contributed by atoms with Crippen molar-refractivity contribution in [1.82, 2.24) is 4.98 Å². The topological polar surface area (TPSA) is 50.2 Å². The molecular weight excluding hydrogens is 302 g/mol. The average Bonchev–Trinajstić information content (AvgIpc) is 3.16. The van der Waals surface area contributed by atoms with Gasteiger partial charge >= 0.3 is 5.97 Å². The molecule has 2 aromatic heterocycles. The normalized spacial score (nSPS) is 10.3. The number of hydrogen-bond donors (Lipinski definition) is 1. The lowest BCUT2D eigenvalue weighted by molar-refractivity contribution is 0.0699. The summed E-state index contributed by atoms with van der Waals surface area (Å²) in [5.74, 6) is -0.925. The van der Waals surface area contributed by atoms with Crippen LogP contribution in [-0.2, 0) is 0 Å². The fraction of sp³-hybridized carbons (Fsp3) is 0. The summed E-state index contributed by atoms with van der Waals surface area (Å²) in [5.41, 5.74) is 2.50. The lowest BCUT2D eigenvalue weighted by atomic mass is 10.2. The Labute approximate surface area is 129 Å². The highest BCUT2D eigenvalue weighted by Gasteiger charge is 2.08. The van der Waals surface area contributed by atoms with Crippen LogP contribution in [0, 0.1) is 0 Å². The van der Waals surface area contributed by atoms with Gasteiger partial charge in [-0.2, -0.15) is 0 Å². The van der Waals surface area contributed by atoms with Crippen LogP contribution in [0.25, 0.3) is 20.3 Å². The molecule has 0 saturated carbocycles. The van der Waals surface area contributed by atoms with Gasteiger partial charge in [0.25, 0.3) is 0 Å². The molecule has 0 radical (unpaired) electrons. The number of carboxylic acids is 1. The lowest BCUT2D eigenvalue weighted by Gasteiger charge is -1.93. The molecule has 0 saturated heterocycles. The summed E-state index contributed by atoms with van der Waals surface area (Å²) in [4.78, 5) is 14.7. The Kier molecular flexibility index (Phi) is 3.94. The Morgan fingerprint density at radius 3 is 2.57 bits per heavy atom. The summed E-state index contributed by atoms with van der Waals surface area (Å²) in [5, 5.41) is 12.2. The molecule has 2 aromatic carbocycles. The molecule has 0 bridgehead atoms. The van der Waals surface area contributed by atoms with Crippen LogP contribution in [0.4, 0.5) is 0 Å². The highest BCUT2D eigenvalue weighted by atomic mass is 32.1. The van der Waals surface area contributed by atoms with E-state index in [1.54, 1.807) is 29.0 Å². The summed E-state index contributed by atoms with van der Waals surface area (Å²) < 4.78 is 2.28. The number of aromatic carboxylic acids is 1. The van der Waals surface area contributed by atoms with Crippen LogP contribution in [0.1, 0.15) is 10.4 Å². The van der Waals surface area contributed by atoms with Crippen molar-refractivity contribution in [2.24, 2.45) is 0 Å². The van der Waals surface area contributed by atoms with Crippen LogP contribution in [0.5, 0.6) is 0 Å². The van der Waals surface area contributed by atoms with Gasteiger partial charge in [-0.15, -0.1) is 22.7 Å². The number of rotatable bonds is 1. The van der Waals surface area contributed by atoms with Crippen LogP contribution in [0.2, 0.25) is 0 Å². The van der Waals surface area contributed by atoms with E-state index in [1.807, 2.05) is 6.07 Å². The van der Waals surface area contributed by atoms with Gasteiger partial charge in [-0.25, -0.2) is 9.78 Å². The second-order valence-electron chi connectivity index (χ2n) is 4.27. The summed E-state index contributed by atoms with van der Waals surface area (Å²) >= 11 is 3.23. The molecule has 2 heterocycles. The van der Waals surface area contributed by atoms with Crippen molar-refractivity contribution in [2.75, 3.05) is 0 Å². The van der Waals surface area contributed by atoms with E-state index in [0.717, 1.165) is 4.70 Å². The molecule has 4 rings (SSSR count). The van der Waals surface area contributed by atoms with E-state index in [0.29, 0.717) is 5.52 Å². The Balaban J connectivity index is 0.000000131. The molecule has 4 aromatic rings. The third-order valence-corrected chi connectivity index (χ3v) is 4.64. The molecule has 0 amide bonds. The number of nitrogens with zero attached hydrogens (tertiary/aromatic N) is 1. The number of thiazole rings is 1. The van der Waals surface area contributed by atoms with Gasteiger partial charge in [0.2, 0.25) is 0 Å². The summed E-state index contributed by atoms with van der Waals surface area (Å²) in [6, 6.07) is 15.7. The Hall–Kier alpha value is -2.24. The Morgan fingerprint density at radius 1 is 0.952 bits per heavy atom. The molecule has 21 heavy (non-hydrogen) atoms. The van der Waals surface area contributed by atoms with Crippen molar-refractivity contribution < 1.29 is 9.90 Å². The monoisotopic (exact) mass is 313 g/mol. The van der Waals surface area contributed by atoms with Crippen molar-refractivity contribution in [3.8, 4) is 0 Å². The number of benzene rings is 2. The number of thiophene rings is 1. The zero-order valence-electron chi connectivity index (χ0n) is 10.9. The Bertz CT molecular complexity index is 865. The third kappa shape index (κ3) is 2.94. The first-order chi connectivity index (χ1) is 10.3. The molecule has 3 nitrogen and oxygen atoms in total. The van der Waals surface area contributed by atoms with Gasteiger partial charge in [0.15, 0.2) is 0 Å². The van der Waals surface area contributed by atoms with Crippen molar-refractivity contribution in [3.05, 3.63) is 65.0 Å². The smallest absolute Gasteiger partial charge is 0.337 e. The van der Waals surface area contributed by atoms with Gasteiger partial charge < -0.3 is 5.11 Å². The number of hydrogen-bond acceptors (Lipinski definition) is 4. The predicted octanol–water partition coefficient (Wildman–Crippen LogP) is 4.90. The molecule has 5 heteroatoms. The highest BCUT2D eigenvalue weighted by Crippen LogP contribution is 2.21. The molecule has 0 spiro atoms. The maximum Gasteiger partial charge on any atom is 0.337 e. The zero-order chi connectivity index (χ0) is 14.7. The summed E-state index contributed by atoms with van der Waals surface area (Å²) in [6.45, 7) is 0. The highest BCUT2D eigenvalue weighted by molar-refractivity contribution is 7.17. The second kappa shape index (κ2) is 6.03. The van der Waals surface area contributed by atoms with Gasteiger partial charge in [-0.05, 0) is 35.0 Å². The van der Waals surface area contributed by atoms with Gasteiger partial charge in [-0.3, -0.25) is 0 Å². The zero-order valence-corrected chi connectivity index (χ0v) is 12.5. The fourth-order valence-electron chi connectivity index (χ4n) is 1.97. The average molecular weight is 313 g/mol. The first kappa shape index (κ1) is 13.7. The Morgan fingerprint density at radius 2 is 1.76 bits per heavy atom. The number of para-hydroxylation sites is 1. The van der Waals surface area contributed by atoms with E-state index >= 15 is 0 Å². The largest absolute Gasteiger partial charge is 0.478 e. The first-order valence-corrected chi connectivity index (χ1v) is 7.99. The van der Waals surface area contributed by atoms with E-state index in [9.17, 15) is 4.79 Å². The van der Waals surface area contributed by atoms with Gasteiger partial charge in [0.1, 0.15) is 0 Å². The van der Waals surface area contributed by atoms with Crippen molar-refractivity contribution in [3.63, 3.8) is 0 Å². The number of carbonyl (C=O) groups is 1. The molecule has 0 aliphatic heterocycles. The lowest BCUT2D eigenvalue weighted by Crippen LogP contribution is -1.96. The fourth-order valence-corrected chi connectivity index (χ4v) is 3.46. The molecule has 0 unspecified atom stereocenters. The number of aromatic nitrogens is 1. The predicted molar refractivity (Wildman–Crippen MR) is 88.4 cm³/mol. The van der Waals surface area contributed by atoms with E-state index in [-0.39, 0.29) is 5.56 Å². The van der Waals surface area contributed by atoms with Crippen LogP contribution in [0.3, 0.4) is 0 Å². The maximum absolute atomic E-state index is 10.7. The standard InChI is InChI=1S/C8H5NO2S.C8H6S/c10-8(11)5-2-1-3-6-7(5)9-4-12-6;1-2-4-8-7(3-1)5-6-9-8/h1-4H,(H,10,11);1-6H. The van der Waals surface area contributed by atoms with Crippen LogP contribution < -0.4 is 0 Å². The quantitative estimate of drug-likeness (QED) is 0.544. The van der Waals surface area contributed by atoms with Crippen molar-refractivity contribution >= 4 is 48.9 Å². The molecule has 0 fully saturated rings. The summed E-state index contributed by atoms with van der Waals surface area (Å²) in [7, 11) is 0. The minimum atomic E-state index is -0.925. The molecule has 1 N–H and O–H groups in total. The van der Waals surface area contributed by atoms with E-state index < -0.39 is 5.97 Å². The van der Waals surface area contributed by atoms with Crippen LogP contribution >= 0.6 is 22.7 Å². The van der Waals surface area contributed by atoms with Gasteiger partial charge in [0, 0.05) is 4.70 Å². The molecule has 0 aliphatic carbocycles. The number of fused-ring (bicyclic) bond motifs is 2. The molecule has 0 aliphatic rings. The third-order valence-electron chi connectivity index (χ3n) is 2.95. The van der Waals surface area contributed by atoms with Crippen molar-refractivity contribution in [2.45, 2.75) is 0 Å². The van der Waals surface area contributed by atoms with Crippen molar-refractivity contribution in [1.29, 1.82) is 0 Å².